The van der Waals surface area contributed by atoms with Crippen LogP contribution in [0.3, 0.4) is 0 Å². The van der Waals surface area contributed by atoms with E-state index in [0.717, 1.165) is 0 Å². The second kappa shape index (κ2) is 9.51. The molecule has 4 N–H and O–H groups in total. The highest BCUT2D eigenvalue weighted by molar-refractivity contribution is 7.90. The standard InChI is InChI=1S/C20H19Cl2N5O3S/c1-12(16-3-2-4-17(21)18(16)22)25-20(28)27-13-5-7-15(8-6-13)31(29,30)11-14-9-10-24-19(23)26-14/h2-10,12H,11H2,1H3,(H2,23,24,26)(H2,25,27,28)/t12-/m0/s1. The van der Waals surface area contributed by atoms with Gasteiger partial charge in [0.15, 0.2) is 9.84 Å². The van der Waals surface area contributed by atoms with Crippen molar-refractivity contribution >= 4 is 50.7 Å². The van der Waals surface area contributed by atoms with Crippen molar-refractivity contribution in [2.75, 3.05) is 11.1 Å². The molecule has 2 amide bonds. The maximum atomic E-state index is 12.6. The molecule has 1 aromatic heterocycles. The minimum absolute atomic E-state index is 0.00606. The topological polar surface area (TPSA) is 127 Å². The molecule has 11 heteroatoms. The smallest absolute Gasteiger partial charge is 0.319 e. The largest absolute Gasteiger partial charge is 0.368 e. The molecule has 0 saturated carbocycles. The van der Waals surface area contributed by atoms with E-state index in [-0.39, 0.29) is 16.6 Å². The molecular formula is C20H19Cl2N5O3S. The molecule has 0 aliphatic rings. The Labute approximate surface area is 189 Å². The first kappa shape index (κ1) is 22.8. The predicted octanol–water partition coefficient (Wildman–Crippen LogP) is 4.22. The third kappa shape index (κ3) is 5.84. The molecule has 0 aliphatic heterocycles. The number of sulfone groups is 1. The molecule has 0 saturated heterocycles. The fourth-order valence-corrected chi connectivity index (χ4v) is 4.55. The van der Waals surface area contributed by atoms with Crippen molar-refractivity contribution in [2.24, 2.45) is 0 Å². The molecule has 0 bridgehead atoms. The van der Waals surface area contributed by atoms with Gasteiger partial charge in [0.1, 0.15) is 0 Å². The Morgan fingerprint density at radius 2 is 1.84 bits per heavy atom. The fraction of sp³-hybridized carbons (Fsp3) is 0.150. The van der Waals surface area contributed by atoms with Gasteiger partial charge in [-0.2, -0.15) is 0 Å². The summed E-state index contributed by atoms with van der Waals surface area (Å²) in [6.07, 6.45) is 1.40. The van der Waals surface area contributed by atoms with E-state index in [4.69, 9.17) is 28.9 Å². The van der Waals surface area contributed by atoms with E-state index in [1.54, 1.807) is 25.1 Å². The van der Waals surface area contributed by atoms with Crippen molar-refractivity contribution < 1.29 is 13.2 Å². The highest BCUT2D eigenvalue weighted by Crippen LogP contribution is 2.29. The van der Waals surface area contributed by atoms with Crippen LogP contribution in [0.5, 0.6) is 0 Å². The van der Waals surface area contributed by atoms with Crippen molar-refractivity contribution in [1.82, 2.24) is 15.3 Å². The number of nitrogens with two attached hydrogens (primary N) is 1. The molecule has 0 spiro atoms. The maximum Gasteiger partial charge on any atom is 0.319 e. The minimum atomic E-state index is -3.64. The third-order valence-electron chi connectivity index (χ3n) is 4.34. The quantitative estimate of drug-likeness (QED) is 0.485. The van der Waals surface area contributed by atoms with Crippen molar-refractivity contribution in [2.45, 2.75) is 23.6 Å². The summed E-state index contributed by atoms with van der Waals surface area (Å²) in [7, 11) is -3.64. The normalized spacial score (nSPS) is 12.2. The summed E-state index contributed by atoms with van der Waals surface area (Å²) in [6.45, 7) is 1.77. The van der Waals surface area contributed by atoms with Gasteiger partial charge >= 0.3 is 6.03 Å². The first-order valence-electron chi connectivity index (χ1n) is 9.07. The highest BCUT2D eigenvalue weighted by Gasteiger charge is 2.18. The summed E-state index contributed by atoms with van der Waals surface area (Å²) in [6, 6.07) is 11.6. The summed E-state index contributed by atoms with van der Waals surface area (Å²) in [5.74, 6) is -0.309. The molecule has 0 radical (unpaired) electrons. The van der Waals surface area contributed by atoms with Gasteiger partial charge in [-0.1, -0.05) is 35.3 Å². The number of anilines is 2. The van der Waals surface area contributed by atoms with Gasteiger partial charge in [0.2, 0.25) is 5.95 Å². The summed E-state index contributed by atoms with van der Waals surface area (Å²) in [4.78, 5) is 20.0. The molecular weight excluding hydrogens is 461 g/mol. The number of benzene rings is 2. The Kier molecular flexibility index (Phi) is 6.99. The zero-order valence-electron chi connectivity index (χ0n) is 16.3. The van der Waals surface area contributed by atoms with Crippen LogP contribution in [-0.2, 0) is 15.6 Å². The molecule has 0 aliphatic carbocycles. The van der Waals surface area contributed by atoms with Crippen LogP contribution in [0.15, 0.2) is 59.6 Å². The van der Waals surface area contributed by atoms with Crippen LogP contribution < -0.4 is 16.4 Å². The minimum Gasteiger partial charge on any atom is -0.368 e. The first-order valence-corrected chi connectivity index (χ1v) is 11.5. The van der Waals surface area contributed by atoms with Crippen molar-refractivity contribution in [1.29, 1.82) is 0 Å². The lowest BCUT2D eigenvalue weighted by Crippen LogP contribution is -2.31. The molecule has 162 valence electrons. The molecule has 2 aromatic carbocycles. The number of urea groups is 1. The number of hydrogen-bond acceptors (Lipinski definition) is 6. The van der Waals surface area contributed by atoms with Gasteiger partial charge < -0.3 is 16.4 Å². The van der Waals surface area contributed by atoms with Gasteiger partial charge in [0.05, 0.1) is 32.4 Å². The number of rotatable bonds is 6. The van der Waals surface area contributed by atoms with Crippen LogP contribution in [-0.4, -0.2) is 24.4 Å². The lowest BCUT2D eigenvalue weighted by Gasteiger charge is -2.17. The summed E-state index contributed by atoms with van der Waals surface area (Å²) < 4.78 is 25.2. The van der Waals surface area contributed by atoms with Crippen LogP contribution in [0.4, 0.5) is 16.4 Å². The van der Waals surface area contributed by atoms with E-state index in [1.807, 2.05) is 0 Å². The van der Waals surface area contributed by atoms with E-state index in [1.165, 1.54) is 36.5 Å². The molecule has 0 fully saturated rings. The number of carbonyl (C=O) groups excluding carboxylic acids is 1. The van der Waals surface area contributed by atoms with Crippen LogP contribution >= 0.6 is 23.2 Å². The average Bonchev–Trinajstić information content (AvgIpc) is 2.70. The van der Waals surface area contributed by atoms with E-state index < -0.39 is 21.9 Å². The number of nitrogen functional groups attached to an aromatic ring is 1. The van der Waals surface area contributed by atoms with Crippen LogP contribution in [0.25, 0.3) is 0 Å². The Hall–Kier alpha value is -2.88. The monoisotopic (exact) mass is 479 g/mol. The maximum absolute atomic E-state index is 12.6. The van der Waals surface area contributed by atoms with Gasteiger partial charge in [0, 0.05) is 11.9 Å². The van der Waals surface area contributed by atoms with Gasteiger partial charge in [-0.25, -0.2) is 23.2 Å². The molecule has 1 atom stereocenters. The molecule has 3 aromatic rings. The van der Waals surface area contributed by atoms with E-state index >= 15 is 0 Å². The molecule has 8 nitrogen and oxygen atoms in total. The lowest BCUT2D eigenvalue weighted by atomic mass is 10.1. The van der Waals surface area contributed by atoms with E-state index in [0.29, 0.717) is 27.0 Å². The molecule has 1 heterocycles. The zero-order chi connectivity index (χ0) is 22.6. The van der Waals surface area contributed by atoms with Crippen LogP contribution in [0.2, 0.25) is 10.0 Å². The lowest BCUT2D eigenvalue weighted by molar-refractivity contribution is 0.249. The van der Waals surface area contributed by atoms with Crippen LogP contribution in [0, 0.1) is 0 Å². The Morgan fingerprint density at radius 1 is 1.13 bits per heavy atom. The number of nitrogens with zero attached hydrogens (tertiary/aromatic N) is 2. The summed E-state index contributed by atoms with van der Waals surface area (Å²) in [5, 5.41) is 6.18. The zero-order valence-corrected chi connectivity index (χ0v) is 18.7. The number of amides is 2. The Bertz CT molecular complexity index is 1200. The predicted molar refractivity (Wildman–Crippen MR) is 121 cm³/mol. The number of carbonyl (C=O) groups is 1. The molecule has 31 heavy (non-hydrogen) atoms. The Morgan fingerprint density at radius 3 is 2.52 bits per heavy atom. The first-order chi connectivity index (χ1) is 14.7. The number of nitrogens with one attached hydrogen (secondary N) is 2. The van der Waals surface area contributed by atoms with Crippen molar-refractivity contribution in [3.05, 3.63) is 76.0 Å². The molecule has 3 rings (SSSR count). The van der Waals surface area contributed by atoms with Crippen molar-refractivity contribution in [3.63, 3.8) is 0 Å². The second-order valence-corrected chi connectivity index (χ2v) is 9.43. The fourth-order valence-electron chi connectivity index (χ4n) is 2.81. The summed E-state index contributed by atoms with van der Waals surface area (Å²) >= 11 is 12.2. The average molecular weight is 480 g/mol. The second-order valence-electron chi connectivity index (χ2n) is 6.65. The van der Waals surface area contributed by atoms with Crippen LogP contribution in [0.1, 0.15) is 24.2 Å². The highest BCUT2D eigenvalue weighted by atomic mass is 35.5. The summed E-state index contributed by atoms with van der Waals surface area (Å²) in [5.41, 5.74) is 6.89. The van der Waals surface area contributed by atoms with Gasteiger partial charge in [-0.15, -0.1) is 0 Å². The van der Waals surface area contributed by atoms with Crippen molar-refractivity contribution in [3.8, 4) is 0 Å². The third-order valence-corrected chi connectivity index (χ3v) is 6.84. The molecule has 0 unspecified atom stereocenters. The SMILES string of the molecule is C[C@H](NC(=O)Nc1ccc(S(=O)(=O)Cc2ccnc(N)n2)cc1)c1cccc(Cl)c1Cl. The van der Waals surface area contributed by atoms with E-state index in [2.05, 4.69) is 20.6 Å². The number of hydrogen-bond donors (Lipinski definition) is 3. The van der Waals surface area contributed by atoms with E-state index in [9.17, 15) is 13.2 Å². The number of aromatic nitrogens is 2. The number of halogens is 2. The van der Waals surface area contributed by atoms with Gasteiger partial charge in [0.25, 0.3) is 0 Å². The van der Waals surface area contributed by atoms with Gasteiger partial charge in [-0.05, 0) is 48.9 Å². The van der Waals surface area contributed by atoms with Gasteiger partial charge in [-0.3, -0.25) is 0 Å². The Balaban J connectivity index is 1.64.